The van der Waals surface area contributed by atoms with Crippen LogP contribution >= 0.6 is 31.9 Å². The normalized spacial score (nSPS) is 13.7. The lowest BCUT2D eigenvalue weighted by Crippen LogP contribution is -1.79. The third-order valence-corrected chi connectivity index (χ3v) is 2.37. The fourth-order valence-electron chi connectivity index (χ4n) is 0.109. The van der Waals surface area contributed by atoms with Crippen molar-refractivity contribution < 1.29 is 5.11 Å². The van der Waals surface area contributed by atoms with Crippen molar-refractivity contribution in [1.82, 2.24) is 0 Å². The fourth-order valence-corrected chi connectivity index (χ4v) is 0.234. The van der Waals surface area contributed by atoms with E-state index in [0.717, 1.165) is 8.96 Å². The highest BCUT2D eigenvalue weighted by atomic mass is 79.9. The summed E-state index contributed by atoms with van der Waals surface area (Å²) < 4.78 is 1.74. The first-order valence-corrected chi connectivity index (χ1v) is 3.38. The van der Waals surface area contributed by atoms with Crippen molar-refractivity contribution in [2.24, 2.45) is 0 Å². The number of aliphatic hydroxyl groups is 1. The molecule has 0 fully saturated rings. The number of aliphatic hydroxyl groups excluding tert-OH is 1. The zero-order chi connectivity index (χ0) is 5.86. The second kappa shape index (κ2) is 3.64. The van der Waals surface area contributed by atoms with Gasteiger partial charge in [-0.25, -0.2) is 0 Å². The molecule has 0 saturated heterocycles. The van der Waals surface area contributed by atoms with Gasteiger partial charge in [0.2, 0.25) is 0 Å². The maximum Gasteiger partial charge on any atom is 0.0754 e. The van der Waals surface area contributed by atoms with Crippen molar-refractivity contribution in [3.05, 3.63) is 8.96 Å². The van der Waals surface area contributed by atoms with Gasteiger partial charge >= 0.3 is 0 Å². The second-order valence-electron chi connectivity index (χ2n) is 1.10. The standard InChI is InChI=1S/C4H6Br2O/c1-3(5)4(6)2-7/h7H,2H2,1H3/b4-3+. The van der Waals surface area contributed by atoms with Gasteiger partial charge in [0, 0.05) is 8.96 Å². The molecule has 1 nitrogen and oxygen atoms in total. The maximum atomic E-state index is 8.37. The summed E-state index contributed by atoms with van der Waals surface area (Å²) in [5.41, 5.74) is 0. The van der Waals surface area contributed by atoms with E-state index in [1.165, 1.54) is 0 Å². The molecule has 0 aliphatic rings. The van der Waals surface area contributed by atoms with Crippen LogP contribution in [0.5, 0.6) is 0 Å². The Bertz CT molecular complexity index is 83.7. The molecule has 0 amide bonds. The summed E-state index contributed by atoms with van der Waals surface area (Å²) in [7, 11) is 0. The zero-order valence-electron chi connectivity index (χ0n) is 3.91. The minimum atomic E-state index is 0.0666. The van der Waals surface area contributed by atoms with Crippen LogP contribution in [0.1, 0.15) is 6.92 Å². The third-order valence-electron chi connectivity index (χ3n) is 0.513. The van der Waals surface area contributed by atoms with Gasteiger partial charge in [-0.05, 0) is 6.92 Å². The van der Waals surface area contributed by atoms with E-state index in [2.05, 4.69) is 31.9 Å². The Labute approximate surface area is 59.7 Å². The van der Waals surface area contributed by atoms with Gasteiger partial charge in [0.25, 0.3) is 0 Å². The van der Waals surface area contributed by atoms with E-state index in [0.29, 0.717) is 0 Å². The van der Waals surface area contributed by atoms with Crippen molar-refractivity contribution in [3.8, 4) is 0 Å². The molecule has 0 aromatic carbocycles. The minimum Gasteiger partial charge on any atom is -0.391 e. The summed E-state index contributed by atoms with van der Waals surface area (Å²) >= 11 is 6.30. The zero-order valence-corrected chi connectivity index (χ0v) is 7.08. The minimum absolute atomic E-state index is 0.0666. The summed E-state index contributed by atoms with van der Waals surface area (Å²) in [5.74, 6) is 0. The molecule has 7 heavy (non-hydrogen) atoms. The lowest BCUT2D eigenvalue weighted by Gasteiger charge is -1.89. The van der Waals surface area contributed by atoms with Crippen LogP contribution < -0.4 is 0 Å². The van der Waals surface area contributed by atoms with Crippen LogP contribution in [0.3, 0.4) is 0 Å². The van der Waals surface area contributed by atoms with Crippen molar-refractivity contribution in [1.29, 1.82) is 0 Å². The Kier molecular flexibility index (Phi) is 3.98. The van der Waals surface area contributed by atoms with Gasteiger partial charge in [-0.2, -0.15) is 0 Å². The van der Waals surface area contributed by atoms with Crippen molar-refractivity contribution in [2.75, 3.05) is 6.61 Å². The molecule has 0 atom stereocenters. The smallest absolute Gasteiger partial charge is 0.0754 e. The summed E-state index contributed by atoms with van der Waals surface area (Å²) in [6, 6.07) is 0. The topological polar surface area (TPSA) is 20.2 Å². The van der Waals surface area contributed by atoms with Crippen LogP contribution in [0.25, 0.3) is 0 Å². The van der Waals surface area contributed by atoms with Crippen LogP contribution in [-0.4, -0.2) is 11.7 Å². The molecule has 0 aromatic rings. The van der Waals surface area contributed by atoms with E-state index in [4.69, 9.17) is 5.11 Å². The van der Waals surface area contributed by atoms with Gasteiger partial charge in [-0.1, -0.05) is 31.9 Å². The molecule has 0 unspecified atom stereocenters. The largest absolute Gasteiger partial charge is 0.391 e. The number of halogens is 2. The van der Waals surface area contributed by atoms with Gasteiger partial charge < -0.3 is 5.11 Å². The summed E-state index contributed by atoms with van der Waals surface area (Å²) in [6.45, 7) is 1.93. The lowest BCUT2D eigenvalue weighted by molar-refractivity contribution is 0.340. The van der Waals surface area contributed by atoms with Gasteiger partial charge in [0.1, 0.15) is 0 Å². The Balaban J connectivity index is 3.72. The van der Waals surface area contributed by atoms with E-state index in [-0.39, 0.29) is 6.61 Å². The van der Waals surface area contributed by atoms with Gasteiger partial charge in [0.15, 0.2) is 0 Å². The van der Waals surface area contributed by atoms with Crippen LogP contribution in [0.15, 0.2) is 8.96 Å². The molecular formula is C4H6Br2O. The summed E-state index contributed by atoms with van der Waals surface area (Å²) in [6.07, 6.45) is 0. The lowest BCUT2D eigenvalue weighted by atomic mass is 10.6. The monoisotopic (exact) mass is 228 g/mol. The Morgan fingerprint density at radius 3 is 2.00 bits per heavy atom. The number of hydrogen-bond donors (Lipinski definition) is 1. The molecule has 0 heterocycles. The van der Waals surface area contributed by atoms with Crippen molar-refractivity contribution in [3.63, 3.8) is 0 Å². The fraction of sp³-hybridized carbons (Fsp3) is 0.500. The maximum absolute atomic E-state index is 8.37. The molecule has 3 heteroatoms. The van der Waals surface area contributed by atoms with Gasteiger partial charge in [-0.3, -0.25) is 0 Å². The van der Waals surface area contributed by atoms with E-state index in [1.807, 2.05) is 6.92 Å². The first kappa shape index (κ1) is 7.66. The van der Waals surface area contributed by atoms with Crippen LogP contribution in [0, 0.1) is 0 Å². The predicted molar refractivity (Wildman–Crippen MR) is 37.6 cm³/mol. The Morgan fingerprint density at radius 1 is 1.57 bits per heavy atom. The highest BCUT2D eigenvalue weighted by Crippen LogP contribution is 2.15. The molecule has 0 aromatic heterocycles. The van der Waals surface area contributed by atoms with E-state index in [1.54, 1.807) is 0 Å². The average molecular weight is 230 g/mol. The molecule has 42 valence electrons. The molecule has 0 bridgehead atoms. The van der Waals surface area contributed by atoms with E-state index in [9.17, 15) is 0 Å². The van der Waals surface area contributed by atoms with Crippen molar-refractivity contribution >= 4 is 31.9 Å². The SMILES string of the molecule is C/C(Br)=C(\Br)CO. The van der Waals surface area contributed by atoms with E-state index >= 15 is 0 Å². The third kappa shape index (κ3) is 3.26. The van der Waals surface area contributed by atoms with Crippen LogP contribution in [0.2, 0.25) is 0 Å². The van der Waals surface area contributed by atoms with Crippen molar-refractivity contribution in [2.45, 2.75) is 6.92 Å². The van der Waals surface area contributed by atoms with Crippen LogP contribution in [-0.2, 0) is 0 Å². The highest BCUT2D eigenvalue weighted by Gasteiger charge is 1.88. The molecule has 1 N–H and O–H groups in total. The highest BCUT2D eigenvalue weighted by molar-refractivity contribution is 9.14. The predicted octanol–water partition coefficient (Wildman–Crippen LogP) is 2.00. The summed E-state index contributed by atoms with van der Waals surface area (Å²) in [5, 5.41) is 8.37. The Morgan fingerprint density at radius 2 is 2.00 bits per heavy atom. The number of hydrogen-bond acceptors (Lipinski definition) is 1. The van der Waals surface area contributed by atoms with Gasteiger partial charge in [0.05, 0.1) is 6.61 Å². The molecule has 0 radical (unpaired) electrons. The molecule has 0 aliphatic carbocycles. The van der Waals surface area contributed by atoms with Gasteiger partial charge in [-0.15, -0.1) is 0 Å². The number of rotatable bonds is 1. The quantitative estimate of drug-likeness (QED) is 0.730. The Hall–Kier alpha value is 0.660. The molecule has 0 saturated carbocycles. The average Bonchev–Trinajstić information content (AvgIpc) is 1.65. The second-order valence-corrected chi connectivity index (χ2v) is 3.24. The van der Waals surface area contributed by atoms with Crippen LogP contribution in [0.4, 0.5) is 0 Å². The number of allylic oxidation sites excluding steroid dienone is 1. The first-order valence-electron chi connectivity index (χ1n) is 1.80. The first-order chi connectivity index (χ1) is 3.18. The molecule has 0 rings (SSSR count). The molecule has 0 spiro atoms. The summed E-state index contributed by atoms with van der Waals surface area (Å²) in [4.78, 5) is 0. The molecule has 0 aliphatic heterocycles. The van der Waals surface area contributed by atoms with E-state index < -0.39 is 0 Å². The molecular weight excluding hydrogens is 224 g/mol.